The van der Waals surface area contributed by atoms with E-state index < -0.39 is 0 Å². The lowest BCUT2D eigenvalue weighted by Gasteiger charge is -2.68. The number of likely N-dealkylation sites (N-methyl/N-ethyl adjacent to an activating group) is 2. The number of nitrogens with zero attached hydrogens (tertiary/aromatic N) is 4. The van der Waals surface area contributed by atoms with Crippen LogP contribution in [-0.4, -0.2) is 99.4 Å². The molecule has 1 N–H and O–H groups in total. The van der Waals surface area contributed by atoms with Gasteiger partial charge < -0.3 is 24.4 Å². The largest absolute Gasteiger partial charge is 0.384 e. The molecule has 4 fully saturated rings. The molecular formula is C28H47N5O4. The Morgan fingerprint density at radius 1 is 1.11 bits per heavy atom. The Bertz CT molecular complexity index is 942. The van der Waals surface area contributed by atoms with Crippen molar-refractivity contribution in [2.24, 2.45) is 10.8 Å². The summed E-state index contributed by atoms with van der Waals surface area (Å²) in [5.74, 6) is 0.792. The fourth-order valence-electron chi connectivity index (χ4n) is 7.73. The van der Waals surface area contributed by atoms with Crippen LogP contribution in [-0.2, 0) is 38.6 Å². The standard InChI is InChI=1S/C28H47N5O4/c1-29-10-11-31(2)14-22-24(21-6-8-26(9-7-21,19-35-3)20-36-4)23-15-32(12-13-33(23)30-22)25(34)27-16-28(17-27,18-27)37-5/h21,29H,6-20H2,1-5H3. The van der Waals surface area contributed by atoms with E-state index >= 15 is 0 Å². The number of rotatable bonds is 12. The van der Waals surface area contributed by atoms with Crippen molar-refractivity contribution in [1.82, 2.24) is 24.9 Å². The number of fused-ring (bicyclic) bond motifs is 1. The lowest BCUT2D eigenvalue weighted by molar-refractivity contribution is -0.268. The zero-order valence-electron chi connectivity index (χ0n) is 23.6. The maximum Gasteiger partial charge on any atom is 0.229 e. The predicted molar refractivity (Wildman–Crippen MR) is 141 cm³/mol. The van der Waals surface area contributed by atoms with E-state index in [-0.39, 0.29) is 16.4 Å². The van der Waals surface area contributed by atoms with Crippen molar-refractivity contribution in [3.05, 3.63) is 17.0 Å². The number of hydrogen-bond donors (Lipinski definition) is 1. The van der Waals surface area contributed by atoms with Crippen molar-refractivity contribution in [2.75, 3.05) is 68.3 Å². The minimum Gasteiger partial charge on any atom is -0.384 e. The average Bonchev–Trinajstić information content (AvgIpc) is 3.19. The van der Waals surface area contributed by atoms with Crippen molar-refractivity contribution < 1.29 is 19.0 Å². The highest BCUT2D eigenvalue weighted by molar-refractivity contribution is 5.87. The maximum atomic E-state index is 13.6. The van der Waals surface area contributed by atoms with E-state index in [9.17, 15) is 4.79 Å². The molecule has 9 heteroatoms. The second-order valence-corrected chi connectivity index (χ2v) is 12.4. The monoisotopic (exact) mass is 517 g/mol. The van der Waals surface area contributed by atoms with Gasteiger partial charge in [-0.05, 0) is 65.0 Å². The quantitative estimate of drug-likeness (QED) is 0.456. The number of amides is 1. The van der Waals surface area contributed by atoms with Gasteiger partial charge in [0.15, 0.2) is 0 Å². The highest BCUT2D eigenvalue weighted by Crippen LogP contribution is 2.69. The summed E-state index contributed by atoms with van der Waals surface area (Å²) in [5, 5.41) is 8.41. The van der Waals surface area contributed by atoms with Crippen LogP contribution < -0.4 is 5.32 Å². The molecule has 1 aliphatic heterocycles. The zero-order chi connectivity index (χ0) is 26.3. The van der Waals surface area contributed by atoms with Crippen LogP contribution in [0.25, 0.3) is 0 Å². The molecule has 0 aromatic carbocycles. The van der Waals surface area contributed by atoms with Gasteiger partial charge in [-0.2, -0.15) is 5.10 Å². The SMILES string of the molecule is CNCCN(C)Cc1nn2c(c1C1CCC(COC)(COC)CC1)CN(C(=O)C13CC(OC)(C1)C3)CC2. The van der Waals surface area contributed by atoms with Gasteiger partial charge in [-0.1, -0.05) is 0 Å². The number of nitrogens with one attached hydrogen (secondary N) is 1. The molecule has 208 valence electrons. The van der Waals surface area contributed by atoms with E-state index in [0.717, 1.165) is 90.9 Å². The molecule has 2 bridgehead atoms. The Balaban J connectivity index is 1.36. The number of ether oxygens (including phenoxy) is 3. The molecule has 1 aromatic heterocycles. The van der Waals surface area contributed by atoms with Crippen LogP contribution in [0.5, 0.6) is 0 Å². The molecule has 6 rings (SSSR count). The van der Waals surface area contributed by atoms with Gasteiger partial charge in [-0.15, -0.1) is 0 Å². The minimum atomic E-state index is -0.167. The van der Waals surface area contributed by atoms with Crippen molar-refractivity contribution >= 4 is 5.91 Å². The van der Waals surface area contributed by atoms with Crippen LogP contribution in [0.1, 0.15) is 67.8 Å². The molecular weight excluding hydrogens is 470 g/mol. The average molecular weight is 518 g/mol. The zero-order valence-corrected chi connectivity index (χ0v) is 23.6. The third kappa shape index (κ3) is 4.86. The van der Waals surface area contributed by atoms with Crippen LogP contribution >= 0.6 is 0 Å². The van der Waals surface area contributed by atoms with Gasteiger partial charge >= 0.3 is 0 Å². The van der Waals surface area contributed by atoms with E-state index in [1.165, 1.54) is 17.0 Å². The number of hydrogen-bond acceptors (Lipinski definition) is 7. The van der Waals surface area contributed by atoms with Crippen LogP contribution in [0, 0.1) is 10.8 Å². The van der Waals surface area contributed by atoms with Crippen molar-refractivity contribution in [3.63, 3.8) is 0 Å². The van der Waals surface area contributed by atoms with E-state index in [1.807, 2.05) is 7.05 Å². The third-order valence-electron chi connectivity index (χ3n) is 9.77. The first-order chi connectivity index (χ1) is 17.8. The molecule has 0 atom stereocenters. The molecule has 1 amide bonds. The van der Waals surface area contributed by atoms with E-state index in [0.29, 0.717) is 18.4 Å². The fourth-order valence-corrected chi connectivity index (χ4v) is 7.73. The summed E-state index contributed by atoms with van der Waals surface area (Å²) in [6.07, 6.45) is 7.06. The topological polar surface area (TPSA) is 81.1 Å². The summed E-state index contributed by atoms with van der Waals surface area (Å²) in [7, 11) is 9.54. The van der Waals surface area contributed by atoms with Crippen LogP contribution in [0.3, 0.4) is 0 Å². The molecule has 5 aliphatic rings. The van der Waals surface area contributed by atoms with E-state index in [2.05, 4.69) is 26.8 Å². The second-order valence-electron chi connectivity index (χ2n) is 12.4. The molecule has 0 unspecified atom stereocenters. The predicted octanol–water partition coefficient (Wildman–Crippen LogP) is 2.38. The van der Waals surface area contributed by atoms with Gasteiger partial charge in [-0.3, -0.25) is 14.4 Å². The minimum absolute atomic E-state index is 0.0114. The van der Waals surface area contributed by atoms with E-state index in [1.54, 1.807) is 21.3 Å². The first-order valence-electron chi connectivity index (χ1n) is 14.1. The van der Waals surface area contributed by atoms with Crippen LogP contribution in [0.2, 0.25) is 0 Å². The van der Waals surface area contributed by atoms with E-state index in [4.69, 9.17) is 19.3 Å². The Labute approximate surface area is 222 Å². The number of methoxy groups -OCH3 is 3. The summed E-state index contributed by atoms with van der Waals surface area (Å²) in [5.41, 5.74) is 3.79. The lowest BCUT2D eigenvalue weighted by atomic mass is 9.40. The lowest BCUT2D eigenvalue weighted by Crippen LogP contribution is -2.73. The van der Waals surface area contributed by atoms with Crippen molar-refractivity contribution in [1.29, 1.82) is 0 Å². The normalized spacial score (nSPS) is 28.6. The highest BCUT2D eigenvalue weighted by atomic mass is 16.5. The van der Waals surface area contributed by atoms with Gasteiger partial charge in [0.1, 0.15) is 0 Å². The van der Waals surface area contributed by atoms with Crippen LogP contribution in [0.15, 0.2) is 0 Å². The highest BCUT2D eigenvalue weighted by Gasteiger charge is 2.73. The molecule has 4 aliphatic carbocycles. The molecule has 37 heavy (non-hydrogen) atoms. The van der Waals surface area contributed by atoms with Gasteiger partial charge in [0, 0.05) is 58.5 Å². The second kappa shape index (κ2) is 10.6. The van der Waals surface area contributed by atoms with Crippen molar-refractivity contribution in [2.45, 2.75) is 76.1 Å². The summed E-state index contributed by atoms with van der Waals surface area (Å²) in [4.78, 5) is 18.1. The third-order valence-corrected chi connectivity index (χ3v) is 9.77. The molecule has 2 heterocycles. The number of aromatic nitrogens is 2. The Morgan fingerprint density at radius 3 is 2.38 bits per heavy atom. The molecule has 0 saturated heterocycles. The maximum absolute atomic E-state index is 13.6. The first kappa shape index (κ1) is 27.1. The summed E-state index contributed by atoms with van der Waals surface area (Å²) >= 11 is 0. The molecule has 0 spiro atoms. The smallest absolute Gasteiger partial charge is 0.229 e. The van der Waals surface area contributed by atoms with Gasteiger partial charge in [0.2, 0.25) is 5.91 Å². The number of carbonyl (C=O) groups excluding carboxylic acids is 1. The van der Waals surface area contributed by atoms with Crippen LogP contribution in [0.4, 0.5) is 0 Å². The van der Waals surface area contributed by atoms with Crippen molar-refractivity contribution in [3.8, 4) is 0 Å². The molecule has 4 saturated carbocycles. The van der Waals surface area contributed by atoms with Gasteiger partial charge in [-0.25, -0.2) is 0 Å². The first-order valence-corrected chi connectivity index (χ1v) is 14.1. The Hall–Kier alpha value is -1.52. The molecule has 0 radical (unpaired) electrons. The molecule has 1 aromatic rings. The molecule has 9 nitrogen and oxygen atoms in total. The Morgan fingerprint density at radius 2 is 1.78 bits per heavy atom. The Kier molecular flexibility index (Phi) is 7.73. The van der Waals surface area contributed by atoms with Gasteiger partial charge in [0.25, 0.3) is 0 Å². The summed E-state index contributed by atoms with van der Waals surface area (Å²) in [6, 6.07) is 0. The van der Waals surface area contributed by atoms with Gasteiger partial charge in [0.05, 0.1) is 48.7 Å². The summed E-state index contributed by atoms with van der Waals surface area (Å²) in [6.45, 7) is 6.46. The number of carbonyl (C=O) groups is 1. The fraction of sp³-hybridized carbons (Fsp3) is 0.857. The summed E-state index contributed by atoms with van der Waals surface area (Å²) < 4.78 is 19.1.